The molecule has 4 nitrogen and oxygen atoms in total. The van der Waals surface area contributed by atoms with Crippen LogP contribution in [0.25, 0.3) is 10.8 Å². The van der Waals surface area contributed by atoms with Gasteiger partial charge < -0.3 is 14.4 Å². The minimum Gasteiger partial charge on any atom is -0.628 e. The van der Waals surface area contributed by atoms with Crippen molar-refractivity contribution in [1.29, 1.82) is 0 Å². The molecule has 2 aromatic rings. The third-order valence-corrected chi connectivity index (χ3v) is 7.13. The van der Waals surface area contributed by atoms with E-state index >= 15 is 0 Å². The van der Waals surface area contributed by atoms with Gasteiger partial charge in [-0.2, -0.15) is 0 Å². The van der Waals surface area contributed by atoms with Gasteiger partial charge in [-0.25, -0.2) is 0 Å². The Morgan fingerprint density at radius 1 is 1.07 bits per heavy atom. The van der Waals surface area contributed by atoms with Crippen LogP contribution in [0.2, 0.25) is 0 Å². The normalized spacial score (nSPS) is 13.3. The molecule has 0 saturated heterocycles. The van der Waals surface area contributed by atoms with Gasteiger partial charge in [-0.15, -0.1) is 0 Å². The van der Waals surface area contributed by atoms with E-state index < -0.39 is 13.7 Å². The van der Waals surface area contributed by atoms with Crippen LogP contribution < -0.4 is 4.89 Å². The molecule has 0 aromatic heterocycles. The zero-order valence-corrected chi connectivity index (χ0v) is 17.9. The number of thioether (sulfide) groups is 1. The first kappa shape index (κ1) is 21.9. The minimum atomic E-state index is -1.82. The summed E-state index contributed by atoms with van der Waals surface area (Å²) in [6.07, 6.45) is 1.37. The van der Waals surface area contributed by atoms with Crippen molar-refractivity contribution in [2.45, 2.75) is 38.5 Å². The van der Waals surface area contributed by atoms with Crippen molar-refractivity contribution in [3.63, 3.8) is 0 Å². The highest BCUT2D eigenvalue weighted by molar-refractivity contribution is 8.04. The van der Waals surface area contributed by atoms with Crippen molar-refractivity contribution in [1.82, 2.24) is 0 Å². The first-order valence-corrected chi connectivity index (χ1v) is 11.8. The van der Waals surface area contributed by atoms with E-state index in [0.29, 0.717) is 30.6 Å². The second-order valence-electron chi connectivity index (χ2n) is 5.99. The lowest BCUT2D eigenvalue weighted by Crippen LogP contribution is -2.29. The third-order valence-electron chi connectivity index (χ3n) is 4.07. The SMILES string of the molecule is CCCC(C(=O)OCC)C(OCC)=[P+]([O-])CSc1cccc2ccccc12. The number of rotatable bonds is 10. The molecule has 2 unspecified atom stereocenters. The van der Waals surface area contributed by atoms with E-state index in [0.717, 1.165) is 22.1 Å². The fourth-order valence-electron chi connectivity index (χ4n) is 2.88. The molecule has 146 valence electrons. The standard InChI is InChI=1S/C21H27O4PS/c1-4-10-18(20(22)24-5-2)21(25-6-3)26(23)15-27-19-14-9-12-16-11-7-8-13-17(16)19/h7-9,11-14,18H,4-6,10,15H2,1-3H3. The lowest BCUT2D eigenvalue weighted by molar-refractivity contribution is -0.154. The first-order valence-electron chi connectivity index (χ1n) is 9.33. The fourth-order valence-corrected chi connectivity index (χ4v) is 5.79. The van der Waals surface area contributed by atoms with E-state index in [1.165, 1.54) is 11.8 Å². The van der Waals surface area contributed by atoms with Gasteiger partial charge in [-0.1, -0.05) is 61.5 Å². The second-order valence-corrected chi connectivity index (χ2v) is 8.95. The van der Waals surface area contributed by atoms with Crippen molar-refractivity contribution < 1.29 is 19.2 Å². The van der Waals surface area contributed by atoms with Gasteiger partial charge in [-0.05, 0) is 37.1 Å². The Balaban J connectivity index is 2.25. The van der Waals surface area contributed by atoms with Crippen LogP contribution in [-0.2, 0) is 14.3 Å². The van der Waals surface area contributed by atoms with E-state index in [4.69, 9.17) is 9.47 Å². The molecule has 0 amide bonds. The molecule has 0 radical (unpaired) electrons. The van der Waals surface area contributed by atoms with Crippen LogP contribution in [0.3, 0.4) is 0 Å². The lowest BCUT2D eigenvalue weighted by Gasteiger charge is -2.16. The molecule has 0 heterocycles. The maximum Gasteiger partial charge on any atom is 0.319 e. The topological polar surface area (TPSA) is 58.6 Å². The van der Waals surface area contributed by atoms with Crippen LogP contribution in [0.4, 0.5) is 0 Å². The third kappa shape index (κ3) is 6.05. The number of benzene rings is 2. The number of fused-ring (bicyclic) bond motifs is 1. The Labute approximate surface area is 166 Å². The smallest absolute Gasteiger partial charge is 0.319 e. The number of carbonyl (C=O) groups is 1. The molecular weight excluding hydrogens is 379 g/mol. The molecule has 0 aliphatic carbocycles. The van der Waals surface area contributed by atoms with Crippen LogP contribution in [0.1, 0.15) is 33.6 Å². The average Bonchev–Trinajstić information content (AvgIpc) is 2.69. The minimum absolute atomic E-state index is 0.306. The number of hydrogen-bond acceptors (Lipinski definition) is 5. The summed E-state index contributed by atoms with van der Waals surface area (Å²) in [5.74, 6) is -0.909. The molecule has 27 heavy (non-hydrogen) atoms. The van der Waals surface area contributed by atoms with Gasteiger partial charge in [0.05, 0.1) is 21.0 Å². The number of esters is 1. The first-order chi connectivity index (χ1) is 13.1. The largest absolute Gasteiger partial charge is 0.628 e. The van der Waals surface area contributed by atoms with Crippen LogP contribution in [0.5, 0.6) is 0 Å². The van der Waals surface area contributed by atoms with Gasteiger partial charge in [0.25, 0.3) is 0 Å². The maximum absolute atomic E-state index is 13.0. The van der Waals surface area contributed by atoms with E-state index in [-0.39, 0.29) is 5.97 Å². The molecule has 2 aromatic carbocycles. The zero-order valence-electron chi connectivity index (χ0n) is 16.1. The molecule has 0 bridgehead atoms. The molecule has 0 saturated carbocycles. The van der Waals surface area contributed by atoms with Crippen molar-refractivity contribution in [2.75, 3.05) is 18.7 Å². The maximum atomic E-state index is 13.0. The van der Waals surface area contributed by atoms with Crippen molar-refractivity contribution in [3.05, 3.63) is 42.5 Å². The van der Waals surface area contributed by atoms with Crippen LogP contribution in [0, 0.1) is 5.92 Å². The average molecular weight is 406 g/mol. The summed E-state index contributed by atoms with van der Waals surface area (Å²) >= 11 is 1.54. The predicted octanol–water partition coefficient (Wildman–Crippen LogP) is 4.79. The Morgan fingerprint density at radius 3 is 2.48 bits per heavy atom. The van der Waals surface area contributed by atoms with Gasteiger partial charge in [0.1, 0.15) is 5.92 Å². The molecule has 2 atom stereocenters. The summed E-state index contributed by atoms with van der Waals surface area (Å²) in [7, 11) is -1.82. The van der Waals surface area contributed by atoms with Gasteiger partial charge >= 0.3 is 5.97 Å². The molecule has 6 heteroatoms. The summed E-state index contributed by atoms with van der Waals surface area (Å²) in [4.78, 5) is 26.4. The molecule has 0 fully saturated rings. The highest BCUT2D eigenvalue weighted by Gasteiger charge is 2.31. The van der Waals surface area contributed by atoms with E-state index in [2.05, 4.69) is 18.2 Å². The summed E-state index contributed by atoms with van der Waals surface area (Å²) in [5, 5.41) is 2.30. The summed E-state index contributed by atoms with van der Waals surface area (Å²) < 4.78 is 10.9. The summed E-state index contributed by atoms with van der Waals surface area (Å²) in [6.45, 7) is 6.30. The van der Waals surface area contributed by atoms with Crippen LogP contribution in [0.15, 0.2) is 47.4 Å². The van der Waals surface area contributed by atoms with Crippen molar-refractivity contribution in [2.24, 2.45) is 5.92 Å². The Kier molecular flexibility index (Phi) is 9.29. The molecule has 0 aliphatic rings. The predicted molar refractivity (Wildman–Crippen MR) is 113 cm³/mol. The van der Waals surface area contributed by atoms with E-state index in [1.54, 1.807) is 6.92 Å². The van der Waals surface area contributed by atoms with Crippen molar-refractivity contribution in [3.8, 4) is 0 Å². The molecule has 0 N–H and O–H groups in total. The Morgan fingerprint density at radius 2 is 1.78 bits per heavy atom. The van der Waals surface area contributed by atoms with E-state index in [1.807, 2.05) is 38.1 Å². The monoisotopic (exact) mass is 406 g/mol. The number of ether oxygens (including phenoxy) is 2. The van der Waals surface area contributed by atoms with Gasteiger partial charge in [0.15, 0.2) is 5.49 Å². The number of hydrogen-bond donors (Lipinski definition) is 0. The summed E-state index contributed by atoms with van der Waals surface area (Å²) in [5.41, 5.74) is 0.749. The quantitative estimate of drug-likeness (QED) is 0.322. The highest BCUT2D eigenvalue weighted by Crippen LogP contribution is 2.35. The molecule has 0 spiro atoms. The molecule has 0 aliphatic heterocycles. The lowest BCUT2D eigenvalue weighted by atomic mass is 10.1. The van der Waals surface area contributed by atoms with Gasteiger partial charge in [0.2, 0.25) is 5.48 Å². The van der Waals surface area contributed by atoms with Crippen LogP contribution >= 0.6 is 19.5 Å². The van der Waals surface area contributed by atoms with Crippen molar-refractivity contribution >= 4 is 41.8 Å². The molecule has 2 rings (SSSR count). The van der Waals surface area contributed by atoms with Gasteiger partial charge in [0, 0.05) is 4.90 Å². The number of carbonyl (C=O) groups excluding carboxylic acids is 1. The Hall–Kier alpha value is -1.39. The van der Waals surface area contributed by atoms with Gasteiger partial charge in [-0.3, -0.25) is 4.79 Å². The second kappa shape index (κ2) is 11.5. The fraction of sp³-hybridized carbons (Fsp3) is 0.429. The molecular formula is C21H27O4PS. The van der Waals surface area contributed by atoms with E-state index in [9.17, 15) is 9.69 Å². The highest BCUT2D eigenvalue weighted by atomic mass is 32.2. The summed E-state index contributed by atoms with van der Waals surface area (Å²) in [6, 6.07) is 14.2. The Bertz CT molecular complexity index is 785. The zero-order chi connectivity index (χ0) is 19.6. The van der Waals surface area contributed by atoms with Crippen LogP contribution in [-0.4, -0.2) is 30.2 Å².